The minimum absolute atomic E-state index is 0.135. The molecule has 17 heavy (non-hydrogen) atoms. The number of nitrogens with one attached hydrogen (secondary N) is 1. The van der Waals surface area contributed by atoms with Crippen LogP contribution in [0.5, 0.6) is 0 Å². The Morgan fingerprint density at radius 3 is 2.94 bits per heavy atom. The molecule has 0 radical (unpaired) electrons. The second-order valence-corrected chi connectivity index (χ2v) is 5.26. The molecule has 0 saturated carbocycles. The summed E-state index contributed by atoms with van der Waals surface area (Å²) in [5.74, 6) is -0.135. The van der Waals surface area contributed by atoms with Crippen molar-refractivity contribution in [2.75, 3.05) is 25.4 Å². The van der Waals surface area contributed by atoms with Gasteiger partial charge in [-0.05, 0) is 32.9 Å². The van der Waals surface area contributed by atoms with E-state index in [0.29, 0.717) is 23.4 Å². The molecule has 2 heterocycles. The number of carbonyl (C=O) groups is 1. The lowest BCUT2D eigenvalue weighted by atomic mass is 10.3. The van der Waals surface area contributed by atoms with E-state index in [4.69, 9.17) is 5.73 Å². The SMILES string of the molecule is CC(CNC(=O)c1csc(N)n1)N1CCCC1. The Bertz CT molecular complexity index is 387. The summed E-state index contributed by atoms with van der Waals surface area (Å²) in [4.78, 5) is 18.1. The fraction of sp³-hybridized carbons (Fsp3) is 0.636. The molecule has 0 aliphatic carbocycles. The van der Waals surface area contributed by atoms with Crippen molar-refractivity contribution in [3.05, 3.63) is 11.1 Å². The predicted molar refractivity (Wildman–Crippen MR) is 69.1 cm³/mol. The lowest BCUT2D eigenvalue weighted by Gasteiger charge is -2.23. The normalized spacial score (nSPS) is 18.2. The van der Waals surface area contributed by atoms with Crippen molar-refractivity contribution in [1.29, 1.82) is 0 Å². The number of aromatic nitrogens is 1. The maximum Gasteiger partial charge on any atom is 0.270 e. The van der Waals surface area contributed by atoms with Gasteiger partial charge in [-0.1, -0.05) is 0 Å². The third kappa shape index (κ3) is 3.17. The van der Waals surface area contributed by atoms with Crippen molar-refractivity contribution in [3.63, 3.8) is 0 Å². The highest BCUT2D eigenvalue weighted by Crippen LogP contribution is 2.12. The summed E-state index contributed by atoms with van der Waals surface area (Å²) in [6.45, 7) is 5.08. The number of rotatable bonds is 4. The maximum absolute atomic E-state index is 11.7. The quantitative estimate of drug-likeness (QED) is 0.839. The van der Waals surface area contributed by atoms with E-state index in [9.17, 15) is 4.79 Å². The van der Waals surface area contributed by atoms with Crippen LogP contribution in [-0.2, 0) is 0 Å². The van der Waals surface area contributed by atoms with E-state index in [2.05, 4.69) is 22.1 Å². The molecule has 1 aromatic rings. The van der Waals surface area contributed by atoms with Gasteiger partial charge in [-0.15, -0.1) is 11.3 Å². The summed E-state index contributed by atoms with van der Waals surface area (Å²) < 4.78 is 0. The van der Waals surface area contributed by atoms with Crippen LogP contribution in [0.4, 0.5) is 5.13 Å². The van der Waals surface area contributed by atoms with Crippen LogP contribution >= 0.6 is 11.3 Å². The van der Waals surface area contributed by atoms with Gasteiger partial charge in [-0.3, -0.25) is 9.69 Å². The zero-order valence-electron chi connectivity index (χ0n) is 9.98. The molecule has 1 aliphatic heterocycles. The van der Waals surface area contributed by atoms with Gasteiger partial charge in [0.2, 0.25) is 0 Å². The topological polar surface area (TPSA) is 71.2 Å². The van der Waals surface area contributed by atoms with Crippen LogP contribution in [0.3, 0.4) is 0 Å². The van der Waals surface area contributed by atoms with Gasteiger partial charge in [0.1, 0.15) is 5.69 Å². The van der Waals surface area contributed by atoms with Crippen molar-refractivity contribution in [3.8, 4) is 0 Å². The molecule has 0 spiro atoms. The van der Waals surface area contributed by atoms with Gasteiger partial charge in [0.05, 0.1) is 0 Å². The second-order valence-electron chi connectivity index (χ2n) is 4.37. The number of hydrogen-bond acceptors (Lipinski definition) is 5. The number of nitrogens with two attached hydrogens (primary N) is 1. The molecular weight excluding hydrogens is 236 g/mol. The molecule has 1 atom stereocenters. The molecule has 0 bridgehead atoms. The highest BCUT2D eigenvalue weighted by Gasteiger charge is 2.19. The molecule has 3 N–H and O–H groups in total. The highest BCUT2D eigenvalue weighted by atomic mass is 32.1. The monoisotopic (exact) mass is 254 g/mol. The first kappa shape index (κ1) is 12.3. The summed E-state index contributed by atoms with van der Waals surface area (Å²) in [5.41, 5.74) is 5.91. The van der Waals surface area contributed by atoms with Crippen LogP contribution in [0.1, 0.15) is 30.3 Å². The molecule has 1 aliphatic rings. The molecule has 1 fully saturated rings. The van der Waals surface area contributed by atoms with Crippen LogP contribution in [0.2, 0.25) is 0 Å². The minimum Gasteiger partial charge on any atom is -0.375 e. The van der Waals surface area contributed by atoms with E-state index in [1.807, 2.05) is 0 Å². The van der Waals surface area contributed by atoms with Crippen LogP contribution in [0.25, 0.3) is 0 Å². The first-order valence-electron chi connectivity index (χ1n) is 5.90. The lowest BCUT2D eigenvalue weighted by molar-refractivity contribution is 0.0936. The van der Waals surface area contributed by atoms with E-state index in [0.717, 1.165) is 13.1 Å². The maximum atomic E-state index is 11.7. The predicted octanol–water partition coefficient (Wildman–Crippen LogP) is 0.939. The molecule has 1 aromatic heterocycles. The van der Waals surface area contributed by atoms with Gasteiger partial charge >= 0.3 is 0 Å². The first-order chi connectivity index (χ1) is 8.16. The second kappa shape index (κ2) is 5.46. The summed E-state index contributed by atoms with van der Waals surface area (Å²) in [5, 5.41) is 5.02. The van der Waals surface area contributed by atoms with E-state index in [1.54, 1.807) is 5.38 Å². The average molecular weight is 254 g/mol. The number of thiazole rings is 1. The van der Waals surface area contributed by atoms with Crippen molar-refractivity contribution in [1.82, 2.24) is 15.2 Å². The summed E-state index contributed by atoms with van der Waals surface area (Å²) in [6.07, 6.45) is 2.53. The Kier molecular flexibility index (Phi) is 3.96. The number of likely N-dealkylation sites (tertiary alicyclic amines) is 1. The number of nitrogen functional groups attached to an aromatic ring is 1. The number of nitrogens with zero attached hydrogens (tertiary/aromatic N) is 2. The van der Waals surface area contributed by atoms with Gasteiger partial charge in [0, 0.05) is 18.0 Å². The van der Waals surface area contributed by atoms with Crippen molar-refractivity contribution >= 4 is 22.4 Å². The zero-order valence-corrected chi connectivity index (χ0v) is 10.8. The molecule has 94 valence electrons. The molecule has 5 nitrogen and oxygen atoms in total. The smallest absolute Gasteiger partial charge is 0.270 e. The third-order valence-corrected chi connectivity index (χ3v) is 3.75. The Labute approximate surface area is 105 Å². The van der Waals surface area contributed by atoms with Crippen molar-refractivity contribution in [2.24, 2.45) is 0 Å². The standard InChI is InChI=1S/C11H18N4OS/c1-8(15-4-2-3-5-15)6-13-10(16)9-7-17-11(12)14-9/h7-8H,2-6H2,1H3,(H2,12,14)(H,13,16). The average Bonchev–Trinajstić information content (AvgIpc) is 2.95. The summed E-state index contributed by atoms with van der Waals surface area (Å²) in [7, 11) is 0. The lowest BCUT2D eigenvalue weighted by Crippen LogP contribution is -2.40. The van der Waals surface area contributed by atoms with Gasteiger partial charge < -0.3 is 11.1 Å². The van der Waals surface area contributed by atoms with Gasteiger partial charge in [-0.25, -0.2) is 4.98 Å². The molecule has 1 amide bonds. The number of hydrogen-bond donors (Lipinski definition) is 2. The summed E-state index contributed by atoms with van der Waals surface area (Å²) in [6, 6.07) is 0.387. The van der Waals surface area contributed by atoms with Crippen LogP contribution in [0, 0.1) is 0 Å². The van der Waals surface area contributed by atoms with Gasteiger partial charge in [0.25, 0.3) is 5.91 Å². The molecular formula is C11H18N4OS. The zero-order chi connectivity index (χ0) is 12.3. The largest absolute Gasteiger partial charge is 0.375 e. The van der Waals surface area contributed by atoms with Crippen molar-refractivity contribution < 1.29 is 4.79 Å². The van der Waals surface area contributed by atoms with Crippen LogP contribution in [0.15, 0.2) is 5.38 Å². The Balaban J connectivity index is 1.79. The summed E-state index contributed by atoms with van der Waals surface area (Å²) >= 11 is 1.29. The fourth-order valence-electron chi connectivity index (χ4n) is 2.03. The van der Waals surface area contributed by atoms with Gasteiger partial charge in [0.15, 0.2) is 5.13 Å². The molecule has 1 unspecified atom stereocenters. The van der Waals surface area contributed by atoms with Crippen molar-refractivity contribution in [2.45, 2.75) is 25.8 Å². The van der Waals surface area contributed by atoms with E-state index < -0.39 is 0 Å². The molecule has 2 rings (SSSR count). The van der Waals surface area contributed by atoms with Gasteiger partial charge in [-0.2, -0.15) is 0 Å². The van der Waals surface area contributed by atoms with E-state index in [-0.39, 0.29) is 5.91 Å². The number of carbonyl (C=O) groups excluding carboxylic acids is 1. The highest BCUT2D eigenvalue weighted by molar-refractivity contribution is 7.13. The third-order valence-electron chi connectivity index (χ3n) is 3.08. The van der Waals surface area contributed by atoms with E-state index in [1.165, 1.54) is 24.2 Å². The molecule has 1 saturated heterocycles. The van der Waals surface area contributed by atoms with E-state index >= 15 is 0 Å². The van der Waals surface area contributed by atoms with Crippen LogP contribution < -0.4 is 11.1 Å². The first-order valence-corrected chi connectivity index (χ1v) is 6.78. The Morgan fingerprint density at radius 2 is 2.35 bits per heavy atom. The molecule has 0 aromatic carbocycles. The molecule has 6 heteroatoms. The Hall–Kier alpha value is -1.14. The number of amides is 1. The minimum atomic E-state index is -0.135. The Morgan fingerprint density at radius 1 is 1.65 bits per heavy atom. The number of anilines is 1. The fourth-order valence-corrected chi connectivity index (χ4v) is 2.58. The van der Waals surface area contributed by atoms with Crippen LogP contribution in [-0.4, -0.2) is 41.5 Å².